The Bertz CT molecular complexity index is 694. The molecule has 108 valence electrons. The van der Waals surface area contributed by atoms with Crippen LogP contribution in [-0.2, 0) is 17.1 Å². The molecule has 1 unspecified atom stereocenters. The van der Waals surface area contributed by atoms with Crippen LogP contribution in [0.15, 0.2) is 41.4 Å². The number of aryl methyl sites for hydroxylation is 1. The normalized spacial score (nSPS) is 13.2. The lowest BCUT2D eigenvalue weighted by molar-refractivity contribution is 0.599. The second kappa shape index (κ2) is 5.64. The van der Waals surface area contributed by atoms with Gasteiger partial charge in [0.1, 0.15) is 5.82 Å². The van der Waals surface area contributed by atoms with Crippen LogP contribution >= 0.6 is 0 Å². The topological polar surface area (TPSA) is 76.0 Å². The standard InChI is InChI=1S/C13H18N4O2S/c1-10(14-2)11-5-4-6-12(9-11)20(18,19)16-13-7-8-15-17(13)3/h4-10,14,16H,1-3H3. The summed E-state index contributed by atoms with van der Waals surface area (Å²) in [5.74, 6) is 0.428. The monoisotopic (exact) mass is 294 g/mol. The Balaban J connectivity index is 2.32. The molecule has 0 aliphatic carbocycles. The molecule has 0 aliphatic rings. The van der Waals surface area contributed by atoms with E-state index >= 15 is 0 Å². The van der Waals surface area contributed by atoms with Crippen LogP contribution in [0.3, 0.4) is 0 Å². The largest absolute Gasteiger partial charge is 0.313 e. The highest BCUT2D eigenvalue weighted by Gasteiger charge is 2.17. The first kappa shape index (κ1) is 14.5. The zero-order chi connectivity index (χ0) is 14.8. The van der Waals surface area contributed by atoms with Crippen LogP contribution in [0.4, 0.5) is 5.82 Å². The van der Waals surface area contributed by atoms with E-state index in [9.17, 15) is 8.42 Å². The molecular formula is C13H18N4O2S. The molecule has 0 radical (unpaired) electrons. The molecule has 0 spiro atoms. The van der Waals surface area contributed by atoms with Gasteiger partial charge in [-0.25, -0.2) is 8.42 Å². The summed E-state index contributed by atoms with van der Waals surface area (Å²) in [6, 6.07) is 8.56. The summed E-state index contributed by atoms with van der Waals surface area (Å²) < 4.78 is 28.7. The minimum absolute atomic E-state index is 0.0850. The predicted molar refractivity (Wildman–Crippen MR) is 77.9 cm³/mol. The Morgan fingerprint density at radius 3 is 2.65 bits per heavy atom. The van der Waals surface area contributed by atoms with Crippen LogP contribution in [-0.4, -0.2) is 25.2 Å². The first-order chi connectivity index (χ1) is 9.44. The number of benzene rings is 1. The highest BCUT2D eigenvalue weighted by Crippen LogP contribution is 2.19. The van der Waals surface area contributed by atoms with E-state index in [-0.39, 0.29) is 10.9 Å². The van der Waals surface area contributed by atoms with E-state index in [0.29, 0.717) is 5.82 Å². The lowest BCUT2D eigenvalue weighted by atomic mass is 10.1. The van der Waals surface area contributed by atoms with Gasteiger partial charge in [-0.05, 0) is 31.7 Å². The van der Waals surface area contributed by atoms with Gasteiger partial charge in [0.2, 0.25) is 0 Å². The average molecular weight is 294 g/mol. The van der Waals surface area contributed by atoms with Crippen LogP contribution in [0.1, 0.15) is 18.5 Å². The van der Waals surface area contributed by atoms with Gasteiger partial charge in [0, 0.05) is 19.2 Å². The highest BCUT2D eigenvalue weighted by molar-refractivity contribution is 7.92. The van der Waals surface area contributed by atoms with Gasteiger partial charge in [-0.15, -0.1) is 0 Å². The zero-order valence-corrected chi connectivity index (χ0v) is 12.5. The van der Waals surface area contributed by atoms with Gasteiger partial charge in [-0.1, -0.05) is 12.1 Å². The summed E-state index contributed by atoms with van der Waals surface area (Å²) in [5, 5.41) is 7.02. The van der Waals surface area contributed by atoms with E-state index < -0.39 is 10.0 Å². The Morgan fingerprint density at radius 1 is 1.30 bits per heavy atom. The van der Waals surface area contributed by atoms with E-state index in [1.165, 1.54) is 10.9 Å². The number of sulfonamides is 1. The van der Waals surface area contributed by atoms with Gasteiger partial charge in [-0.3, -0.25) is 9.40 Å². The van der Waals surface area contributed by atoms with Crippen LogP contribution < -0.4 is 10.0 Å². The lowest BCUT2D eigenvalue weighted by Gasteiger charge is -2.13. The SMILES string of the molecule is CNC(C)c1cccc(S(=O)(=O)Nc2ccnn2C)c1. The van der Waals surface area contributed by atoms with Crippen molar-refractivity contribution in [3.8, 4) is 0 Å². The Labute approximate surface area is 118 Å². The summed E-state index contributed by atoms with van der Waals surface area (Å²) in [6.45, 7) is 1.97. The second-order valence-corrected chi connectivity index (χ2v) is 6.21. The first-order valence-electron chi connectivity index (χ1n) is 6.22. The van der Waals surface area contributed by atoms with Crippen molar-refractivity contribution in [2.24, 2.45) is 7.05 Å². The smallest absolute Gasteiger partial charge is 0.263 e. The first-order valence-corrected chi connectivity index (χ1v) is 7.70. The maximum absolute atomic E-state index is 12.3. The molecule has 0 saturated heterocycles. The van der Waals surface area contributed by atoms with E-state index in [1.54, 1.807) is 31.3 Å². The highest BCUT2D eigenvalue weighted by atomic mass is 32.2. The Kier molecular flexibility index (Phi) is 4.10. The summed E-state index contributed by atoms with van der Waals surface area (Å²) in [5.41, 5.74) is 0.917. The average Bonchev–Trinajstić information content (AvgIpc) is 2.83. The van der Waals surface area contributed by atoms with Gasteiger partial charge in [0.25, 0.3) is 10.0 Å². The number of nitrogens with one attached hydrogen (secondary N) is 2. The molecule has 2 rings (SSSR count). The molecule has 7 heteroatoms. The summed E-state index contributed by atoms with van der Waals surface area (Å²) in [6.07, 6.45) is 1.54. The zero-order valence-electron chi connectivity index (χ0n) is 11.7. The van der Waals surface area contributed by atoms with Crippen LogP contribution in [0.5, 0.6) is 0 Å². The fraction of sp³-hybridized carbons (Fsp3) is 0.308. The third-order valence-electron chi connectivity index (χ3n) is 3.16. The number of hydrogen-bond acceptors (Lipinski definition) is 4. The van der Waals surface area contributed by atoms with Gasteiger partial charge in [0.15, 0.2) is 0 Å². The van der Waals surface area contributed by atoms with Crippen molar-refractivity contribution in [1.82, 2.24) is 15.1 Å². The molecule has 6 nitrogen and oxygen atoms in total. The fourth-order valence-corrected chi connectivity index (χ4v) is 2.93. The van der Waals surface area contributed by atoms with Crippen molar-refractivity contribution >= 4 is 15.8 Å². The number of rotatable bonds is 5. The maximum atomic E-state index is 12.3. The summed E-state index contributed by atoms with van der Waals surface area (Å²) >= 11 is 0. The molecule has 0 bridgehead atoms. The van der Waals surface area contributed by atoms with Crippen molar-refractivity contribution < 1.29 is 8.42 Å². The maximum Gasteiger partial charge on any atom is 0.263 e. The number of hydrogen-bond donors (Lipinski definition) is 2. The molecule has 1 atom stereocenters. The number of nitrogens with zero attached hydrogens (tertiary/aromatic N) is 2. The lowest BCUT2D eigenvalue weighted by Crippen LogP contribution is -2.17. The molecule has 1 heterocycles. The molecule has 0 fully saturated rings. The number of anilines is 1. The van der Waals surface area contributed by atoms with E-state index in [4.69, 9.17) is 0 Å². The molecule has 1 aromatic heterocycles. The predicted octanol–water partition coefficient (Wildman–Crippen LogP) is 1.50. The quantitative estimate of drug-likeness (QED) is 0.876. The molecule has 20 heavy (non-hydrogen) atoms. The summed E-state index contributed by atoms with van der Waals surface area (Å²) in [7, 11) is -0.0976. The van der Waals surface area contributed by atoms with Crippen molar-refractivity contribution in [2.45, 2.75) is 17.9 Å². The summed E-state index contributed by atoms with van der Waals surface area (Å²) in [4.78, 5) is 0.235. The Hall–Kier alpha value is -1.86. The van der Waals surface area contributed by atoms with Gasteiger partial charge in [0.05, 0.1) is 11.1 Å². The molecule has 0 saturated carbocycles. The van der Waals surface area contributed by atoms with Gasteiger partial charge < -0.3 is 5.32 Å². The van der Waals surface area contributed by atoms with Crippen molar-refractivity contribution in [3.05, 3.63) is 42.1 Å². The minimum Gasteiger partial charge on any atom is -0.313 e. The van der Waals surface area contributed by atoms with Crippen LogP contribution in [0.2, 0.25) is 0 Å². The van der Waals surface area contributed by atoms with E-state index in [2.05, 4.69) is 15.1 Å². The molecule has 2 aromatic rings. The molecule has 0 aliphatic heterocycles. The van der Waals surface area contributed by atoms with Crippen LogP contribution in [0.25, 0.3) is 0 Å². The van der Waals surface area contributed by atoms with Crippen LogP contribution in [0, 0.1) is 0 Å². The minimum atomic E-state index is -3.61. The molecule has 1 aromatic carbocycles. The van der Waals surface area contributed by atoms with E-state index in [0.717, 1.165) is 5.56 Å². The van der Waals surface area contributed by atoms with Crippen molar-refractivity contribution in [1.29, 1.82) is 0 Å². The fourth-order valence-electron chi connectivity index (χ4n) is 1.79. The van der Waals surface area contributed by atoms with Gasteiger partial charge in [-0.2, -0.15) is 5.10 Å². The number of aromatic nitrogens is 2. The molecular weight excluding hydrogens is 276 g/mol. The molecule has 2 N–H and O–H groups in total. The van der Waals surface area contributed by atoms with Crippen molar-refractivity contribution in [3.63, 3.8) is 0 Å². The van der Waals surface area contributed by atoms with Crippen molar-refractivity contribution in [2.75, 3.05) is 11.8 Å². The third-order valence-corrected chi connectivity index (χ3v) is 4.51. The molecule has 0 amide bonds. The Morgan fingerprint density at radius 2 is 2.05 bits per heavy atom. The van der Waals surface area contributed by atoms with E-state index in [1.807, 2.05) is 20.0 Å². The van der Waals surface area contributed by atoms with Gasteiger partial charge >= 0.3 is 0 Å². The second-order valence-electron chi connectivity index (χ2n) is 4.53. The third kappa shape index (κ3) is 3.00.